The zero-order valence-corrected chi connectivity index (χ0v) is 9.65. The second kappa shape index (κ2) is 5.80. The van der Waals surface area contributed by atoms with E-state index in [0.29, 0.717) is 12.2 Å². The Morgan fingerprint density at radius 1 is 1.13 bits per heavy atom. The maximum absolute atomic E-state index is 5.81. The van der Waals surface area contributed by atoms with Gasteiger partial charge < -0.3 is 14.8 Å². The molecule has 0 aromatic carbocycles. The molecule has 0 amide bonds. The van der Waals surface area contributed by atoms with Crippen molar-refractivity contribution in [1.29, 1.82) is 0 Å². The van der Waals surface area contributed by atoms with E-state index in [1.165, 1.54) is 26.2 Å². The predicted molar refractivity (Wildman–Crippen MR) is 57.9 cm³/mol. The van der Waals surface area contributed by atoms with E-state index in [1.807, 2.05) is 0 Å². The van der Waals surface area contributed by atoms with Gasteiger partial charge >= 0.3 is 0 Å². The first kappa shape index (κ1) is 11.3. The van der Waals surface area contributed by atoms with E-state index in [4.69, 9.17) is 9.47 Å². The number of quaternary nitrogens is 1. The van der Waals surface area contributed by atoms with Gasteiger partial charge in [0, 0.05) is 19.6 Å². The summed E-state index contributed by atoms with van der Waals surface area (Å²) in [5.74, 6) is 0. The van der Waals surface area contributed by atoms with Crippen LogP contribution in [0.25, 0.3) is 0 Å². The zero-order valence-electron chi connectivity index (χ0n) is 9.65. The minimum Gasteiger partial charge on any atom is -0.373 e. The lowest BCUT2D eigenvalue weighted by Gasteiger charge is -2.33. The van der Waals surface area contributed by atoms with Crippen LogP contribution in [0.1, 0.15) is 13.3 Å². The zero-order chi connectivity index (χ0) is 10.5. The molecule has 88 valence electrons. The average Bonchev–Trinajstić information content (AvgIpc) is 2.31. The Hall–Kier alpha value is -0.160. The van der Waals surface area contributed by atoms with Crippen molar-refractivity contribution in [2.45, 2.75) is 25.6 Å². The third-order valence-corrected chi connectivity index (χ3v) is 3.25. The van der Waals surface area contributed by atoms with E-state index in [-0.39, 0.29) is 0 Å². The number of hydrogen-bond acceptors (Lipinski definition) is 3. The van der Waals surface area contributed by atoms with Gasteiger partial charge in [-0.1, -0.05) is 6.92 Å². The molecule has 15 heavy (non-hydrogen) atoms. The third-order valence-electron chi connectivity index (χ3n) is 3.25. The van der Waals surface area contributed by atoms with Gasteiger partial charge in [-0.3, -0.25) is 4.90 Å². The summed E-state index contributed by atoms with van der Waals surface area (Å²) in [6, 6.07) is 0. The molecule has 2 aliphatic heterocycles. The highest BCUT2D eigenvalue weighted by molar-refractivity contribution is 4.72. The van der Waals surface area contributed by atoms with Gasteiger partial charge in [-0.15, -0.1) is 0 Å². The van der Waals surface area contributed by atoms with Crippen LogP contribution in [-0.4, -0.2) is 63.0 Å². The lowest BCUT2D eigenvalue weighted by molar-refractivity contribution is -0.663. The van der Waals surface area contributed by atoms with Crippen molar-refractivity contribution in [3.63, 3.8) is 0 Å². The second-order valence-corrected chi connectivity index (χ2v) is 4.49. The largest absolute Gasteiger partial charge is 0.373 e. The molecule has 0 bridgehead atoms. The van der Waals surface area contributed by atoms with Gasteiger partial charge in [0.05, 0.1) is 38.5 Å². The molecule has 0 radical (unpaired) electrons. The summed E-state index contributed by atoms with van der Waals surface area (Å²) in [5.41, 5.74) is 0. The first-order valence-corrected chi connectivity index (χ1v) is 6.15. The summed E-state index contributed by atoms with van der Waals surface area (Å²) in [5, 5.41) is 2.38. The van der Waals surface area contributed by atoms with Gasteiger partial charge in [0.15, 0.2) is 0 Å². The molecule has 0 saturated carbocycles. The molecule has 0 aromatic rings. The summed E-state index contributed by atoms with van der Waals surface area (Å²) < 4.78 is 11.5. The molecule has 4 heteroatoms. The van der Waals surface area contributed by atoms with Crippen LogP contribution in [0.2, 0.25) is 0 Å². The molecule has 2 aliphatic rings. The maximum atomic E-state index is 5.81. The molecular weight excluding hydrogens is 192 g/mol. The van der Waals surface area contributed by atoms with Crippen LogP contribution < -0.4 is 5.32 Å². The molecule has 2 atom stereocenters. The molecule has 2 saturated heterocycles. The Labute approximate surface area is 91.9 Å². The molecular formula is C11H23N2O2+. The fourth-order valence-corrected chi connectivity index (χ4v) is 2.20. The summed E-state index contributed by atoms with van der Waals surface area (Å²) in [7, 11) is 0. The van der Waals surface area contributed by atoms with Crippen LogP contribution in [0.4, 0.5) is 0 Å². The van der Waals surface area contributed by atoms with E-state index in [2.05, 4.69) is 17.1 Å². The number of rotatable bonds is 3. The minimum absolute atomic E-state index is 0.297. The first-order valence-electron chi connectivity index (χ1n) is 6.15. The average molecular weight is 215 g/mol. The second-order valence-electron chi connectivity index (χ2n) is 4.49. The smallest absolute Gasteiger partial charge is 0.0936 e. The molecule has 0 unspecified atom stereocenters. The lowest BCUT2D eigenvalue weighted by Crippen LogP contribution is -2.89. The fraction of sp³-hybridized carbons (Fsp3) is 1.00. The summed E-state index contributed by atoms with van der Waals surface area (Å²) in [6.07, 6.45) is 1.69. The van der Waals surface area contributed by atoms with Crippen molar-refractivity contribution < 1.29 is 14.8 Å². The monoisotopic (exact) mass is 215 g/mol. The van der Waals surface area contributed by atoms with Crippen LogP contribution in [0, 0.1) is 0 Å². The summed E-state index contributed by atoms with van der Waals surface area (Å²) in [6.45, 7) is 9.59. The van der Waals surface area contributed by atoms with Crippen molar-refractivity contribution in [2.75, 3.05) is 45.9 Å². The van der Waals surface area contributed by atoms with Gasteiger partial charge in [-0.25, -0.2) is 0 Å². The number of piperazine rings is 1. The fourth-order valence-electron chi connectivity index (χ4n) is 2.20. The van der Waals surface area contributed by atoms with E-state index >= 15 is 0 Å². The maximum Gasteiger partial charge on any atom is 0.0936 e. The number of nitrogens with two attached hydrogens (primary N) is 1. The lowest BCUT2D eigenvalue weighted by atomic mass is 10.2. The molecule has 2 fully saturated rings. The van der Waals surface area contributed by atoms with Crippen LogP contribution in [0.5, 0.6) is 0 Å². The Morgan fingerprint density at radius 3 is 2.40 bits per heavy atom. The van der Waals surface area contributed by atoms with E-state index < -0.39 is 0 Å². The van der Waals surface area contributed by atoms with Crippen molar-refractivity contribution in [1.82, 2.24) is 4.90 Å². The topological polar surface area (TPSA) is 38.3 Å². The molecule has 2 rings (SSSR count). The standard InChI is InChI=1S/C11H22N2O2/c1-2-10-8-15-11(9-14-10)7-13-5-3-12-4-6-13/h10-12H,2-9H2,1H3/p+1/t10-,11+/m1/s1. The Bertz CT molecular complexity index is 175. The molecule has 0 aromatic heterocycles. The number of nitrogens with zero attached hydrogens (tertiary/aromatic N) is 1. The highest BCUT2D eigenvalue weighted by Gasteiger charge is 2.24. The Balaban J connectivity index is 1.67. The first-order chi connectivity index (χ1) is 7.38. The van der Waals surface area contributed by atoms with Gasteiger partial charge in [-0.05, 0) is 6.42 Å². The number of hydrogen-bond donors (Lipinski definition) is 1. The van der Waals surface area contributed by atoms with Crippen LogP contribution in [0.15, 0.2) is 0 Å². The van der Waals surface area contributed by atoms with Gasteiger partial charge in [0.2, 0.25) is 0 Å². The SMILES string of the molecule is CC[C@@H]1CO[C@@H](CN2CC[NH2+]CC2)CO1. The summed E-state index contributed by atoms with van der Waals surface area (Å²) in [4.78, 5) is 2.49. The van der Waals surface area contributed by atoms with Crippen molar-refractivity contribution in [3.8, 4) is 0 Å². The Morgan fingerprint density at radius 2 is 1.80 bits per heavy atom. The normalized spacial score (nSPS) is 34.2. The van der Waals surface area contributed by atoms with Gasteiger partial charge in [0.1, 0.15) is 0 Å². The minimum atomic E-state index is 0.297. The highest BCUT2D eigenvalue weighted by atomic mass is 16.6. The van der Waals surface area contributed by atoms with Gasteiger partial charge in [0.25, 0.3) is 0 Å². The van der Waals surface area contributed by atoms with E-state index in [1.54, 1.807) is 0 Å². The van der Waals surface area contributed by atoms with Gasteiger partial charge in [-0.2, -0.15) is 0 Å². The summed E-state index contributed by atoms with van der Waals surface area (Å²) >= 11 is 0. The van der Waals surface area contributed by atoms with E-state index in [0.717, 1.165) is 26.2 Å². The highest BCUT2D eigenvalue weighted by Crippen LogP contribution is 2.11. The van der Waals surface area contributed by atoms with Crippen LogP contribution >= 0.6 is 0 Å². The van der Waals surface area contributed by atoms with E-state index in [9.17, 15) is 0 Å². The molecule has 2 heterocycles. The van der Waals surface area contributed by atoms with Crippen LogP contribution in [0.3, 0.4) is 0 Å². The number of ether oxygens (including phenoxy) is 2. The predicted octanol–water partition coefficient (Wildman–Crippen LogP) is -0.941. The third kappa shape index (κ3) is 3.41. The molecule has 0 aliphatic carbocycles. The Kier molecular flexibility index (Phi) is 4.38. The molecule has 0 spiro atoms. The van der Waals surface area contributed by atoms with Crippen LogP contribution in [-0.2, 0) is 9.47 Å². The molecule has 4 nitrogen and oxygen atoms in total. The van der Waals surface area contributed by atoms with Crippen molar-refractivity contribution >= 4 is 0 Å². The van der Waals surface area contributed by atoms with Crippen molar-refractivity contribution in [3.05, 3.63) is 0 Å². The quantitative estimate of drug-likeness (QED) is 0.660. The van der Waals surface area contributed by atoms with Crippen molar-refractivity contribution in [2.24, 2.45) is 0 Å². The molecule has 2 N–H and O–H groups in total.